The third-order valence-corrected chi connectivity index (χ3v) is 3.61. The van der Waals surface area contributed by atoms with Crippen molar-refractivity contribution in [1.29, 1.82) is 0 Å². The highest BCUT2D eigenvalue weighted by molar-refractivity contribution is 5.28. The van der Waals surface area contributed by atoms with E-state index >= 15 is 0 Å². The van der Waals surface area contributed by atoms with E-state index in [1.165, 1.54) is 12.1 Å². The molecule has 0 aliphatic heterocycles. The maximum Gasteiger partial charge on any atom is 0.416 e. The van der Waals surface area contributed by atoms with Gasteiger partial charge in [-0.15, -0.1) is 0 Å². The molecule has 2 nitrogen and oxygen atoms in total. The fourth-order valence-corrected chi connectivity index (χ4v) is 2.34. The molecule has 0 aromatic heterocycles. The fraction of sp³-hybridized carbons (Fsp3) is 0.333. The van der Waals surface area contributed by atoms with Crippen LogP contribution in [-0.2, 0) is 19.1 Å². The molecule has 0 bridgehead atoms. The van der Waals surface area contributed by atoms with Crippen LogP contribution in [0.1, 0.15) is 23.6 Å². The molecular formula is C18H20F3NO. The van der Waals surface area contributed by atoms with Crippen molar-refractivity contribution < 1.29 is 17.9 Å². The van der Waals surface area contributed by atoms with Crippen LogP contribution in [0.15, 0.2) is 48.5 Å². The van der Waals surface area contributed by atoms with Crippen LogP contribution in [-0.4, -0.2) is 13.2 Å². The van der Waals surface area contributed by atoms with Crippen LogP contribution < -0.4 is 10.1 Å². The Kier molecular flexibility index (Phi) is 5.66. The molecule has 0 saturated heterocycles. The Morgan fingerprint density at radius 1 is 1.04 bits per heavy atom. The topological polar surface area (TPSA) is 21.3 Å². The lowest BCUT2D eigenvalue weighted by atomic mass is 10.0. The summed E-state index contributed by atoms with van der Waals surface area (Å²) in [5, 5.41) is 3.32. The molecule has 0 fully saturated rings. The summed E-state index contributed by atoms with van der Waals surface area (Å²) >= 11 is 0. The number of alkyl halides is 3. The third kappa shape index (κ3) is 5.28. The molecule has 0 saturated carbocycles. The molecule has 0 aliphatic carbocycles. The van der Waals surface area contributed by atoms with Gasteiger partial charge in [0.2, 0.25) is 0 Å². The second-order valence-corrected chi connectivity index (χ2v) is 5.53. The van der Waals surface area contributed by atoms with Crippen molar-refractivity contribution in [2.75, 3.05) is 7.11 Å². The van der Waals surface area contributed by atoms with Gasteiger partial charge in [-0.1, -0.05) is 30.3 Å². The van der Waals surface area contributed by atoms with E-state index in [0.29, 0.717) is 18.5 Å². The summed E-state index contributed by atoms with van der Waals surface area (Å²) in [7, 11) is 1.62. The average molecular weight is 323 g/mol. The van der Waals surface area contributed by atoms with Crippen molar-refractivity contribution in [3.63, 3.8) is 0 Å². The molecule has 124 valence electrons. The highest BCUT2D eigenvalue weighted by Crippen LogP contribution is 2.29. The standard InChI is InChI=1S/C18H20F3NO/c1-13(22-12-14-6-8-17(23-2)9-7-14)10-15-4-3-5-16(11-15)18(19,20)21/h3-9,11,13,22H,10,12H2,1-2H3/t13-/m0/s1. The van der Waals surface area contributed by atoms with Crippen molar-refractivity contribution in [1.82, 2.24) is 5.32 Å². The lowest BCUT2D eigenvalue weighted by molar-refractivity contribution is -0.137. The number of halogens is 3. The van der Waals surface area contributed by atoms with Gasteiger partial charge in [-0.3, -0.25) is 0 Å². The second-order valence-electron chi connectivity index (χ2n) is 5.53. The van der Waals surface area contributed by atoms with Crippen LogP contribution in [0.25, 0.3) is 0 Å². The Balaban J connectivity index is 1.90. The van der Waals surface area contributed by atoms with E-state index in [1.54, 1.807) is 13.2 Å². The molecule has 0 spiro atoms. The molecule has 0 amide bonds. The Hall–Kier alpha value is -2.01. The molecule has 1 atom stereocenters. The molecule has 0 heterocycles. The maximum absolute atomic E-state index is 12.7. The summed E-state index contributed by atoms with van der Waals surface area (Å²) in [5.41, 5.74) is 1.17. The molecule has 5 heteroatoms. The molecule has 23 heavy (non-hydrogen) atoms. The van der Waals surface area contributed by atoms with Crippen molar-refractivity contribution in [3.05, 3.63) is 65.2 Å². The quantitative estimate of drug-likeness (QED) is 0.849. The number of nitrogens with one attached hydrogen (secondary N) is 1. The van der Waals surface area contributed by atoms with Crippen LogP contribution >= 0.6 is 0 Å². The fourth-order valence-electron chi connectivity index (χ4n) is 2.34. The van der Waals surface area contributed by atoms with Crippen molar-refractivity contribution in [2.45, 2.75) is 32.1 Å². The second kappa shape index (κ2) is 7.51. The number of hydrogen-bond acceptors (Lipinski definition) is 2. The van der Waals surface area contributed by atoms with Gasteiger partial charge in [-0.05, 0) is 42.7 Å². The molecule has 1 N–H and O–H groups in total. The van der Waals surface area contributed by atoms with Gasteiger partial charge in [-0.2, -0.15) is 13.2 Å². The van der Waals surface area contributed by atoms with Crippen LogP contribution in [0.4, 0.5) is 13.2 Å². The van der Waals surface area contributed by atoms with E-state index < -0.39 is 11.7 Å². The van der Waals surface area contributed by atoms with E-state index in [4.69, 9.17) is 4.74 Å². The lowest BCUT2D eigenvalue weighted by Gasteiger charge is -2.15. The summed E-state index contributed by atoms with van der Waals surface area (Å²) < 4.78 is 43.2. The first-order valence-electron chi connectivity index (χ1n) is 7.41. The first kappa shape index (κ1) is 17.3. The van der Waals surface area contributed by atoms with Gasteiger partial charge < -0.3 is 10.1 Å². The maximum atomic E-state index is 12.7. The van der Waals surface area contributed by atoms with Gasteiger partial charge in [-0.25, -0.2) is 0 Å². The van der Waals surface area contributed by atoms with Gasteiger partial charge in [0.25, 0.3) is 0 Å². The van der Waals surface area contributed by atoms with Gasteiger partial charge in [0.15, 0.2) is 0 Å². The first-order valence-corrected chi connectivity index (χ1v) is 7.41. The van der Waals surface area contributed by atoms with E-state index in [-0.39, 0.29) is 6.04 Å². The van der Waals surface area contributed by atoms with Crippen LogP contribution in [0, 0.1) is 0 Å². The first-order chi connectivity index (χ1) is 10.9. The van der Waals surface area contributed by atoms with E-state index in [2.05, 4.69) is 5.32 Å². The highest BCUT2D eigenvalue weighted by Gasteiger charge is 2.30. The number of ether oxygens (including phenoxy) is 1. The molecule has 0 radical (unpaired) electrons. The molecule has 2 rings (SSSR count). The van der Waals surface area contributed by atoms with Crippen molar-refractivity contribution >= 4 is 0 Å². The van der Waals surface area contributed by atoms with Crippen LogP contribution in [0.5, 0.6) is 5.75 Å². The summed E-state index contributed by atoms with van der Waals surface area (Å²) in [5.74, 6) is 0.797. The van der Waals surface area contributed by atoms with Crippen LogP contribution in [0.3, 0.4) is 0 Å². The Bertz CT molecular complexity index is 623. The normalized spacial score (nSPS) is 12.9. The van der Waals surface area contributed by atoms with E-state index in [1.807, 2.05) is 31.2 Å². The molecular weight excluding hydrogens is 303 g/mol. The largest absolute Gasteiger partial charge is 0.497 e. The predicted molar refractivity (Wildman–Crippen MR) is 84.4 cm³/mol. The van der Waals surface area contributed by atoms with Crippen LogP contribution in [0.2, 0.25) is 0 Å². The van der Waals surface area contributed by atoms with E-state index in [0.717, 1.165) is 17.4 Å². The molecule has 2 aromatic rings. The van der Waals surface area contributed by atoms with Gasteiger partial charge in [0.1, 0.15) is 5.75 Å². The Morgan fingerprint density at radius 3 is 2.35 bits per heavy atom. The number of hydrogen-bond donors (Lipinski definition) is 1. The predicted octanol–water partition coefficient (Wildman–Crippen LogP) is 4.43. The third-order valence-electron chi connectivity index (χ3n) is 3.61. The summed E-state index contributed by atoms with van der Waals surface area (Å²) in [4.78, 5) is 0. The van der Waals surface area contributed by atoms with Gasteiger partial charge in [0.05, 0.1) is 12.7 Å². The van der Waals surface area contributed by atoms with E-state index in [9.17, 15) is 13.2 Å². The van der Waals surface area contributed by atoms with Crippen molar-refractivity contribution in [3.8, 4) is 5.75 Å². The lowest BCUT2D eigenvalue weighted by Crippen LogP contribution is -2.27. The number of rotatable bonds is 6. The Labute approximate surface area is 134 Å². The monoisotopic (exact) mass is 323 g/mol. The minimum Gasteiger partial charge on any atom is -0.497 e. The zero-order valence-corrected chi connectivity index (χ0v) is 13.2. The minimum atomic E-state index is -4.30. The Morgan fingerprint density at radius 2 is 1.74 bits per heavy atom. The zero-order chi connectivity index (χ0) is 16.9. The summed E-state index contributed by atoms with van der Waals surface area (Å²) in [6, 6.07) is 13.2. The molecule has 0 aliphatic rings. The number of benzene rings is 2. The van der Waals surface area contributed by atoms with Gasteiger partial charge >= 0.3 is 6.18 Å². The number of methoxy groups -OCH3 is 1. The average Bonchev–Trinajstić information content (AvgIpc) is 2.53. The minimum absolute atomic E-state index is 0.0700. The SMILES string of the molecule is COc1ccc(CN[C@@H](C)Cc2cccc(C(F)(F)F)c2)cc1. The summed E-state index contributed by atoms with van der Waals surface area (Å²) in [6.45, 7) is 2.62. The smallest absolute Gasteiger partial charge is 0.416 e. The zero-order valence-electron chi connectivity index (χ0n) is 13.2. The highest BCUT2D eigenvalue weighted by atomic mass is 19.4. The molecule has 0 unspecified atom stereocenters. The van der Waals surface area contributed by atoms with Gasteiger partial charge in [0, 0.05) is 12.6 Å². The molecule has 2 aromatic carbocycles. The summed E-state index contributed by atoms with van der Waals surface area (Å²) in [6.07, 6.45) is -3.75. The van der Waals surface area contributed by atoms with Crippen molar-refractivity contribution in [2.24, 2.45) is 0 Å².